The average molecular weight is 709 g/mol. The second kappa shape index (κ2) is 38.6. The van der Waals surface area contributed by atoms with Crippen LogP contribution in [0.1, 0.15) is 240 Å². The van der Waals surface area contributed by atoms with Crippen molar-refractivity contribution < 1.29 is 28.6 Å². The van der Waals surface area contributed by atoms with Gasteiger partial charge < -0.3 is 14.2 Å². The standard InChI is InChI=1S/C44H84O6/c1-5-8-10-12-14-15-16-17-18-19-20-21-23-27-31-35-42(45)48-38-41(50-44(47)37-33-29-22-13-11-9-6-2)39-49-43(46)36-32-28-25-24-26-30-34-40(4)7-3/h40-41H,5-39H2,1-4H3/t40?,41-/m1/s1. The summed E-state index contributed by atoms with van der Waals surface area (Å²) >= 11 is 0. The Bertz CT molecular complexity index is 753. The molecular weight excluding hydrogens is 624 g/mol. The fourth-order valence-electron chi connectivity index (χ4n) is 6.42. The molecule has 0 saturated heterocycles. The van der Waals surface area contributed by atoms with Crippen molar-refractivity contribution in [2.45, 2.75) is 246 Å². The van der Waals surface area contributed by atoms with Crippen LogP contribution >= 0.6 is 0 Å². The van der Waals surface area contributed by atoms with Gasteiger partial charge in [-0.3, -0.25) is 14.4 Å². The van der Waals surface area contributed by atoms with Gasteiger partial charge in [-0.25, -0.2) is 0 Å². The number of carbonyl (C=O) groups is 3. The van der Waals surface area contributed by atoms with Gasteiger partial charge in [0.05, 0.1) is 0 Å². The number of hydrogen-bond acceptors (Lipinski definition) is 6. The lowest BCUT2D eigenvalue weighted by Crippen LogP contribution is -2.30. The largest absolute Gasteiger partial charge is 0.462 e. The van der Waals surface area contributed by atoms with Gasteiger partial charge in [0.25, 0.3) is 0 Å². The Morgan fingerprint density at radius 1 is 0.400 bits per heavy atom. The molecule has 2 atom stereocenters. The molecule has 1 unspecified atom stereocenters. The van der Waals surface area contributed by atoms with Gasteiger partial charge in [-0.1, -0.05) is 201 Å². The summed E-state index contributed by atoms with van der Waals surface area (Å²) in [5.41, 5.74) is 0. The fourth-order valence-corrected chi connectivity index (χ4v) is 6.42. The van der Waals surface area contributed by atoms with Gasteiger partial charge in [-0.15, -0.1) is 0 Å². The van der Waals surface area contributed by atoms with Crippen LogP contribution < -0.4 is 0 Å². The molecule has 0 aromatic heterocycles. The van der Waals surface area contributed by atoms with E-state index in [-0.39, 0.29) is 31.1 Å². The topological polar surface area (TPSA) is 78.9 Å². The summed E-state index contributed by atoms with van der Waals surface area (Å²) in [5, 5.41) is 0. The van der Waals surface area contributed by atoms with Crippen LogP contribution in [0, 0.1) is 5.92 Å². The number of rotatable bonds is 39. The molecule has 0 heterocycles. The Balaban J connectivity index is 4.24. The number of ether oxygens (including phenoxy) is 3. The zero-order valence-corrected chi connectivity index (χ0v) is 33.9. The van der Waals surface area contributed by atoms with E-state index < -0.39 is 6.10 Å². The molecule has 0 aliphatic carbocycles. The van der Waals surface area contributed by atoms with Crippen LogP contribution in [0.25, 0.3) is 0 Å². The Hall–Kier alpha value is -1.59. The van der Waals surface area contributed by atoms with E-state index in [4.69, 9.17) is 14.2 Å². The maximum atomic E-state index is 12.6. The summed E-state index contributed by atoms with van der Waals surface area (Å²) in [7, 11) is 0. The molecule has 0 bridgehead atoms. The Morgan fingerprint density at radius 3 is 1.04 bits per heavy atom. The first-order chi connectivity index (χ1) is 24.4. The van der Waals surface area contributed by atoms with Crippen LogP contribution in [-0.4, -0.2) is 37.2 Å². The first-order valence-corrected chi connectivity index (χ1v) is 21.9. The predicted octanol–water partition coefficient (Wildman–Crippen LogP) is 13.6. The summed E-state index contributed by atoms with van der Waals surface area (Å²) in [6.45, 7) is 8.92. The van der Waals surface area contributed by atoms with Crippen molar-refractivity contribution >= 4 is 17.9 Å². The molecule has 0 N–H and O–H groups in total. The monoisotopic (exact) mass is 709 g/mol. The van der Waals surface area contributed by atoms with E-state index in [0.29, 0.717) is 19.3 Å². The molecule has 0 aromatic rings. The first kappa shape index (κ1) is 48.4. The maximum absolute atomic E-state index is 12.6. The highest BCUT2D eigenvalue weighted by Crippen LogP contribution is 2.16. The number of unbranched alkanes of at least 4 members (excludes halogenated alkanes) is 25. The van der Waals surface area contributed by atoms with Gasteiger partial charge in [0.1, 0.15) is 13.2 Å². The van der Waals surface area contributed by atoms with Crippen LogP contribution in [0.5, 0.6) is 0 Å². The maximum Gasteiger partial charge on any atom is 0.306 e. The zero-order chi connectivity index (χ0) is 36.8. The molecule has 0 fully saturated rings. The zero-order valence-electron chi connectivity index (χ0n) is 33.9. The van der Waals surface area contributed by atoms with E-state index in [0.717, 1.165) is 63.7 Å². The molecule has 0 aliphatic heterocycles. The molecule has 0 radical (unpaired) electrons. The second-order valence-electron chi connectivity index (χ2n) is 15.2. The molecule has 0 amide bonds. The summed E-state index contributed by atoms with van der Waals surface area (Å²) in [6.07, 6.45) is 36.7. The smallest absolute Gasteiger partial charge is 0.306 e. The molecule has 0 aromatic carbocycles. The Labute approximate surface area is 310 Å². The fraction of sp³-hybridized carbons (Fsp3) is 0.932. The first-order valence-electron chi connectivity index (χ1n) is 21.9. The molecule has 6 heteroatoms. The Kier molecular flexibility index (Phi) is 37.4. The van der Waals surface area contributed by atoms with Crippen LogP contribution in [0.4, 0.5) is 0 Å². The Morgan fingerprint density at radius 2 is 0.700 bits per heavy atom. The van der Waals surface area contributed by atoms with Crippen LogP contribution in [0.3, 0.4) is 0 Å². The summed E-state index contributed by atoms with van der Waals surface area (Å²) in [6, 6.07) is 0. The van der Waals surface area contributed by atoms with Gasteiger partial charge >= 0.3 is 17.9 Å². The minimum absolute atomic E-state index is 0.0652. The number of carbonyl (C=O) groups excluding carboxylic acids is 3. The minimum atomic E-state index is -0.758. The van der Waals surface area contributed by atoms with E-state index >= 15 is 0 Å². The van der Waals surface area contributed by atoms with Crippen molar-refractivity contribution in [1.29, 1.82) is 0 Å². The van der Waals surface area contributed by atoms with Crippen molar-refractivity contribution in [3.8, 4) is 0 Å². The highest BCUT2D eigenvalue weighted by molar-refractivity contribution is 5.71. The summed E-state index contributed by atoms with van der Waals surface area (Å²) in [5.74, 6) is -0.0516. The molecular formula is C44H84O6. The normalized spacial score (nSPS) is 12.5. The molecule has 50 heavy (non-hydrogen) atoms. The third-order valence-electron chi connectivity index (χ3n) is 10.2. The van der Waals surface area contributed by atoms with Crippen LogP contribution in [0.2, 0.25) is 0 Å². The van der Waals surface area contributed by atoms with E-state index in [2.05, 4.69) is 27.7 Å². The van der Waals surface area contributed by atoms with Crippen molar-refractivity contribution in [2.75, 3.05) is 13.2 Å². The van der Waals surface area contributed by atoms with Crippen molar-refractivity contribution in [2.24, 2.45) is 5.92 Å². The lowest BCUT2D eigenvalue weighted by Gasteiger charge is -2.18. The highest BCUT2D eigenvalue weighted by Gasteiger charge is 2.19. The van der Waals surface area contributed by atoms with Crippen molar-refractivity contribution in [1.82, 2.24) is 0 Å². The van der Waals surface area contributed by atoms with Crippen LogP contribution in [0.15, 0.2) is 0 Å². The summed E-state index contributed by atoms with van der Waals surface area (Å²) in [4.78, 5) is 37.5. The molecule has 0 aliphatic rings. The van der Waals surface area contributed by atoms with E-state index in [1.54, 1.807) is 0 Å². The number of hydrogen-bond donors (Lipinski definition) is 0. The van der Waals surface area contributed by atoms with Crippen LogP contribution in [-0.2, 0) is 28.6 Å². The third kappa shape index (κ3) is 36.2. The van der Waals surface area contributed by atoms with Gasteiger partial charge in [0.15, 0.2) is 6.10 Å². The van der Waals surface area contributed by atoms with E-state index in [1.807, 2.05) is 0 Å². The molecule has 0 spiro atoms. The van der Waals surface area contributed by atoms with Gasteiger partial charge in [0.2, 0.25) is 0 Å². The lowest BCUT2D eigenvalue weighted by molar-refractivity contribution is -0.167. The molecule has 0 saturated carbocycles. The van der Waals surface area contributed by atoms with E-state index in [1.165, 1.54) is 135 Å². The molecule has 0 rings (SSSR count). The quantitative estimate of drug-likeness (QED) is 0.0359. The third-order valence-corrected chi connectivity index (χ3v) is 10.2. The molecule has 6 nitrogen and oxygen atoms in total. The van der Waals surface area contributed by atoms with Gasteiger partial charge in [0, 0.05) is 19.3 Å². The summed E-state index contributed by atoms with van der Waals surface area (Å²) < 4.78 is 16.6. The SMILES string of the molecule is CCCCCCCCCCCCCCCCCC(=O)OC[C@H](COC(=O)CCCCCCCCC(C)CC)OC(=O)CCCCCCCCC. The lowest BCUT2D eigenvalue weighted by atomic mass is 10.00. The predicted molar refractivity (Wildman–Crippen MR) is 210 cm³/mol. The second-order valence-corrected chi connectivity index (χ2v) is 15.2. The van der Waals surface area contributed by atoms with Crippen molar-refractivity contribution in [3.05, 3.63) is 0 Å². The number of esters is 3. The van der Waals surface area contributed by atoms with Gasteiger partial charge in [-0.2, -0.15) is 0 Å². The highest BCUT2D eigenvalue weighted by atomic mass is 16.6. The average Bonchev–Trinajstić information content (AvgIpc) is 3.11. The van der Waals surface area contributed by atoms with Crippen molar-refractivity contribution in [3.63, 3.8) is 0 Å². The molecule has 296 valence electrons. The van der Waals surface area contributed by atoms with E-state index in [9.17, 15) is 14.4 Å². The van der Waals surface area contributed by atoms with Gasteiger partial charge in [-0.05, 0) is 25.2 Å². The minimum Gasteiger partial charge on any atom is -0.462 e.